The molecule has 0 unspecified atom stereocenters. The van der Waals surface area contributed by atoms with Crippen molar-refractivity contribution in [2.45, 2.75) is 20.0 Å². The molecule has 1 N–H and O–H groups in total. The quantitative estimate of drug-likeness (QED) is 0.333. The summed E-state index contributed by atoms with van der Waals surface area (Å²) >= 11 is 12.1. The molecule has 0 aliphatic heterocycles. The molecule has 0 aliphatic rings. The predicted molar refractivity (Wildman–Crippen MR) is 130 cm³/mol. The highest BCUT2D eigenvalue weighted by molar-refractivity contribution is 6.31. The molecule has 5 heteroatoms. The van der Waals surface area contributed by atoms with Crippen LogP contribution in [0.1, 0.15) is 16.7 Å². The Morgan fingerprint density at radius 1 is 0.839 bits per heavy atom. The highest BCUT2D eigenvalue weighted by Crippen LogP contribution is 2.24. The molecule has 0 aliphatic carbocycles. The molecule has 2 amide bonds. The van der Waals surface area contributed by atoms with Crippen LogP contribution in [0.5, 0.6) is 0 Å². The Labute approximate surface area is 192 Å². The van der Waals surface area contributed by atoms with E-state index < -0.39 is 0 Å². The predicted octanol–water partition coefficient (Wildman–Crippen LogP) is 7.69. The van der Waals surface area contributed by atoms with Gasteiger partial charge in [-0.1, -0.05) is 77.8 Å². The fraction of sp³-hybridized carbons (Fsp3) is 0.115. The van der Waals surface area contributed by atoms with Crippen molar-refractivity contribution in [1.82, 2.24) is 4.90 Å². The first-order valence-electron chi connectivity index (χ1n) is 10.0. The number of fused-ring (bicyclic) bond motifs is 1. The van der Waals surface area contributed by atoms with Gasteiger partial charge in [-0.25, -0.2) is 4.79 Å². The van der Waals surface area contributed by atoms with Gasteiger partial charge in [-0.15, -0.1) is 0 Å². The first kappa shape index (κ1) is 21.2. The Morgan fingerprint density at radius 3 is 2.32 bits per heavy atom. The van der Waals surface area contributed by atoms with Crippen molar-refractivity contribution in [1.29, 1.82) is 0 Å². The maximum Gasteiger partial charge on any atom is 0.322 e. The van der Waals surface area contributed by atoms with E-state index in [-0.39, 0.29) is 6.03 Å². The molecule has 4 aromatic rings. The van der Waals surface area contributed by atoms with Gasteiger partial charge in [0.1, 0.15) is 0 Å². The topological polar surface area (TPSA) is 32.3 Å². The summed E-state index contributed by atoms with van der Waals surface area (Å²) in [7, 11) is 0. The molecular weight excluding hydrogens is 427 g/mol. The van der Waals surface area contributed by atoms with Crippen molar-refractivity contribution in [3.63, 3.8) is 0 Å². The molecule has 0 saturated carbocycles. The van der Waals surface area contributed by atoms with Gasteiger partial charge in [0.05, 0.1) is 0 Å². The summed E-state index contributed by atoms with van der Waals surface area (Å²) in [6.45, 7) is 2.86. The minimum Gasteiger partial charge on any atom is -0.316 e. The summed E-state index contributed by atoms with van der Waals surface area (Å²) in [5.74, 6) is 0. The molecule has 0 radical (unpaired) electrons. The Balaban J connectivity index is 1.64. The third-order valence-corrected chi connectivity index (χ3v) is 5.73. The zero-order valence-corrected chi connectivity index (χ0v) is 18.6. The fourth-order valence-electron chi connectivity index (χ4n) is 3.61. The molecule has 31 heavy (non-hydrogen) atoms. The smallest absolute Gasteiger partial charge is 0.316 e. The van der Waals surface area contributed by atoms with Crippen LogP contribution in [0.3, 0.4) is 0 Å². The molecule has 3 nitrogen and oxygen atoms in total. The standard InChI is InChI=1S/C26H22Cl2N2O/c1-18-15-23(28)13-14-25(18)29-26(31)30(16-19-9-11-22(27)12-10-19)17-21-7-4-6-20-5-2-3-8-24(20)21/h2-15H,16-17H2,1H3,(H,29,31). The van der Waals surface area contributed by atoms with Crippen LogP contribution >= 0.6 is 23.2 Å². The summed E-state index contributed by atoms with van der Waals surface area (Å²) in [5, 5.41) is 6.65. The highest BCUT2D eigenvalue weighted by atomic mass is 35.5. The number of carbonyl (C=O) groups excluding carboxylic acids is 1. The molecule has 0 fully saturated rings. The number of hydrogen-bond acceptors (Lipinski definition) is 1. The summed E-state index contributed by atoms with van der Waals surface area (Å²) in [5.41, 5.74) is 3.76. The van der Waals surface area contributed by atoms with Gasteiger partial charge < -0.3 is 10.2 Å². The molecule has 4 rings (SSSR count). The molecule has 0 bridgehead atoms. The Kier molecular flexibility index (Phi) is 6.45. The fourth-order valence-corrected chi connectivity index (χ4v) is 3.96. The van der Waals surface area contributed by atoms with Gasteiger partial charge in [0.15, 0.2) is 0 Å². The molecule has 0 atom stereocenters. The van der Waals surface area contributed by atoms with Crippen LogP contribution in [0.15, 0.2) is 84.9 Å². The van der Waals surface area contributed by atoms with E-state index in [1.807, 2.05) is 61.5 Å². The van der Waals surface area contributed by atoms with Gasteiger partial charge in [-0.2, -0.15) is 0 Å². The number of halogens is 2. The molecule has 0 heterocycles. The molecular formula is C26H22Cl2N2O. The number of nitrogens with one attached hydrogen (secondary N) is 1. The minimum atomic E-state index is -0.173. The van der Waals surface area contributed by atoms with Crippen LogP contribution in [0.25, 0.3) is 10.8 Å². The van der Waals surface area contributed by atoms with Crippen LogP contribution < -0.4 is 5.32 Å². The number of carbonyl (C=O) groups is 1. The average molecular weight is 449 g/mol. The molecule has 0 aromatic heterocycles. The van der Waals surface area contributed by atoms with Crippen LogP contribution in [-0.4, -0.2) is 10.9 Å². The Hall–Kier alpha value is -3.01. The monoisotopic (exact) mass is 448 g/mol. The largest absolute Gasteiger partial charge is 0.322 e. The summed E-state index contributed by atoms with van der Waals surface area (Å²) in [6.07, 6.45) is 0. The van der Waals surface area contributed by atoms with E-state index in [1.165, 1.54) is 0 Å². The van der Waals surface area contributed by atoms with Crippen molar-refractivity contribution < 1.29 is 4.79 Å². The minimum absolute atomic E-state index is 0.173. The van der Waals surface area contributed by atoms with E-state index in [0.717, 1.165) is 33.2 Å². The molecule has 0 saturated heterocycles. The zero-order valence-electron chi connectivity index (χ0n) is 17.1. The van der Waals surface area contributed by atoms with Crippen LogP contribution in [0.2, 0.25) is 10.0 Å². The third kappa shape index (κ3) is 5.19. The normalized spacial score (nSPS) is 10.8. The molecule has 4 aromatic carbocycles. The second-order valence-corrected chi connectivity index (χ2v) is 8.38. The number of amides is 2. The van der Waals surface area contributed by atoms with Crippen molar-refractivity contribution in [3.8, 4) is 0 Å². The SMILES string of the molecule is Cc1cc(Cl)ccc1NC(=O)N(Cc1ccc(Cl)cc1)Cc1cccc2ccccc12. The third-order valence-electron chi connectivity index (χ3n) is 5.25. The maximum atomic E-state index is 13.3. The van der Waals surface area contributed by atoms with Crippen molar-refractivity contribution >= 4 is 45.7 Å². The Morgan fingerprint density at radius 2 is 1.55 bits per heavy atom. The van der Waals surface area contributed by atoms with Crippen molar-refractivity contribution in [3.05, 3.63) is 112 Å². The van der Waals surface area contributed by atoms with Gasteiger partial charge >= 0.3 is 6.03 Å². The lowest BCUT2D eigenvalue weighted by molar-refractivity contribution is 0.206. The van der Waals surface area contributed by atoms with Gasteiger partial charge in [0.25, 0.3) is 0 Å². The lowest BCUT2D eigenvalue weighted by Gasteiger charge is -2.25. The number of nitrogens with zero attached hydrogens (tertiary/aromatic N) is 1. The summed E-state index contributed by atoms with van der Waals surface area (Å²) < 4.78 is 0. The maximum absolute atomic E-state index is 13.3. The van der Waals surface area contributed by atoms with Crippen molar-refractivity contribution in [2.75, 3.05) is 5.32 Å². The van der Waals surface area contributed by atoms with Gasteiger partial charge in [0.2, 0.25) is 0 Å². The van der Waals surface area contributed by atoms with E-state index in [9.17, 15) is 4.79 Å². The highest BCUT2D eigenvalue weighted by Gasteiger charge is 2.17. The summed E-state index contributed by atoms with van der Waals surface area (Å²) in [4.78, 5) is 15.1. The second-order valence-electron chi connectivity index (χ2n) is 7.51. The van der Waals surface area contributed by atoms with E-state index in [4.69, 9.17) is 23.2 Å². The lowest BCUT2D eigenvalue weighted by Crippen LogP contribution is -2.34. The van der Waals surface area contributed by atoms with Gasteiger partial charge in [-0.3, -0.25) is 0 Å². The number of aryl methyl sites for hydroxylation is 1. The molecule has 156 valence electrons. The van der Waals surface area contributed by atoms with E-state index >= 15 is 0 Å². The van der Waals surface area contributed by atoms with E-state index in [1.54, 1.807) is 11.0 Å². The Bertz CT molecular complexity index is 1220. The number of benzene rings is 4. The van der Waals surface area contributed by atoms with Crippen molar-refractivity contribution in [2.24, 2.45) is 0 Å². The van der Waals surface area contributed by atoms with E-state index in [2.05, 4.69) is 29.6 Å². The average Bonchev–Trinajstić information content (AvgIpc) is 2.77. The van der Waals surface area contributed by atoms with Gasteiger partial charge in [0, 0.05) is 28.8 Å². The first-order chi connectivity index (χ1) is 15.0. The number of hydrogen-bond donors (Lipinski definition) is 1. The van der Waals surface area contributed by atoms with Crippen LogP contribution in [0, 0.1) is 6.92 Å². The lowest BCUT2D eigenvalue weighted by atomic mass is 10.0. The van der Waals surface area contributed by atoms with E-state index in [0.29, 0.717) is 23.1 Å². The first-order valence-corrected chi connectivity index (χ1v) is 10.8. The number of anilines is 1. The molecule has 0 spiro atoms. The summed E-state index contributed by atoms with van der Waals surface area (Å²) in [6, 6.07) is 27.2. The second kappa shape index (κ2) is 9.42. The zero-order chi connectivity index (χ0) is 21.8. The number of urea groups is 1. The van der Waals surface area contributed by atoms with Crippen LogP contribution in [0.4, 0.5) is 10.5 Å². The van der Waals surface area contributed by atoms with Gasteiger partial charge in [-0.05, 0) is 64.7 Å². The van der Waals surface area contributed by atoms with Crippen LogP contribution in [-0.2, 0) is 13.1 Å². The number of rotatable bonds is 5.